The predicted molar refractivity (Wildman–Crippen MR) is 115 cm³/mol. The number of aromatic amines is 1. The predicted octanol–water partition coefficient (Wildman–Crippen LogP) is 4.09. The molecule has 4 heterocycles. The molecule has 0 unspecified atom stereocenters. The minimum Gasteiger partial charge on any atom is -0.386 e. The fraction of sp³-hybridized carbons (Fsp3) is 0.391. The molecule has 2 N–H and O–H groups in total. The van der Waals surface area contributed by atoms with E-state index in [1.807, 2.05) is 36.7 Å². The van der Waals surface area contributed by atoms with Crippen molar-refractivity contribution in [3.8, 4) is 11.3 Å². The highest BCUT2D eigenvalue weighted by molar-refractivity contribution is 5.84. The van der Waals surface area contributed by atoms with Crippen LogP contribution in [0.2, 0.25) is 0 Å². The van der Waals surface area contributed by atoms with Gasteiger partial charge < -0.3 is 10.1 Å². The summed E-state index contributed by atoms with van der Waals surface area (Å²) in [5.41, 5.74) is 4.96. The lowest BCUT2D eigenvalue weighted by Crippen LogP contribution is -2.29. The summed E-state index contributed by atoms with van der Waals surface area (Å²) >= 11 is 0. The van der Waals surface area contributed by atoms with E-state index in [0.717, 1.165) is 59.0 Å². The third-order valence-electron chi connectivity index (χ3n) is 5.92. The number of hydrogen-bond acceptors (Lipinski definition) is 4. The number of imidazole rings is 1. The van der Waals surface area contributed by atoms with Gasteiger partial charge in [0.1, 0.15) is 5.82 Å². The minimum absolute atomic E-state index is 0.840. The van der Waals surface area contributed by atoms with Gasteiger partial charge in [-0.05, 0) is 51.4 Å². The third kappa shape index (κ3) is 3.32. The van der Waals surface area contributed by atoms with E-state index >= 15 is 0 Å². The number of nitrogens with one attached hydrogen (secondary N) is 1. The molecular weight excluding hydrogens is 362 g/mol. The SMILES string of the molecule is CC(C)(O)c1ccc(-c2nc(CN3CCCCC3)n3c2cnc2[nH]ccc23)cc1. The van der Waals surface area contributed by atoms with Crippen molar-refractivity contribution in [2.75, 3.05) is 13.1 Å². The first-order chi connectivity index (χ1) is 14.0. The summed E-state index contributed by atoms with van der Waals surface area (Å²) in [6.45, 7) is 6.71. The van der Waals surface area contributed by atoms with Gasteiger partial charge in [0, 0.05) is 11.8 Å². The second kappa shape index (κ2) is 6.97. The number of aromatic nitrogens is 4. The van der Waals surface area contributed by atoms with E-state index < -0.39 is 5.60 Å². The van der Waals surface area contributed by atoms with E-state index in [9.17, 15) is 5.11 Å². The number of hydrogen-bond donors (Lipinski definition) is 2. The van der Waals surface area contributed by atoms with Gasteiger partial charge >= 0.3 is 0 Å². The van der Waals surface area contributed by atoms with Crippen LogP contribution in [0.25, 0.3) is 27.9 Å². The molecule has 6 nitrogen and oxygen atoms in total. The summed E-state index contributed by atoms with van der Waals surface area (Å²) in [6, 6.07) is 10.1. The van der Waals surface area contributed by atoms with Crippen LogP contribution in [-0.2, 0) is 12.1 Å². The number of rotatable bonds is 4. The first-order valence-corrected chi connectivity index (χ1v) is 10.4. The molecule has 1 aliphatic rings. The van der Waals surface area contributed by atoms with Gasteiger partial charge in [-0.1, -0.05) is 30.7 Å². The largest absolute Gasteiger partial charge is 0.386 e. The number of likely N-dealkylation sites (tertiary alicyclic amines) is 1. The molecule has 1 aromatic carbocycles. The Kier molecular flexibility index (Phi) is 4.41. The quantitative estimate of drug-likeness (QED) is 0.552. The molecule has 1 saturated heterocycles. The molecule has 29 heavy (non-hydrogen) atoms. The monoisotopic (exact) mass is 389 g/mol. The second-order valence-electron chi connectivity index (χ2n) is 8.54. The van der Waals surface area contributed by atoms with Crippen LogP contribution in [-0.4, -0.2) is 42.4 Å². The molecule has 0 saturated carbocycles. The molecule has 1 fully saturated rings. The summed E-state index contributed by atoms with van der Waals surface area (Å²) in [5, 5.41) is 10.3. The van der Waals surface area contributed by atoms with Crippen LogP contribution >= 0.6 is 0 Å². The van der Waals surface area contributed by atoms with Crippen LogP contribution in [0.4, 0.5) is 0 Å². The number of benzene rings is 1. The van der Waals surface area contributed by atoms with Gasteiger partial charge in [0.15, 0.2) is 5.65 Å². The summed E-state index contributed by atoms with van der Waals surface area (Å²) in [6.07, 6.45) is 7.68. The van der Waals surface area contributed by atoms with Gasteiger partial charge in [0.25, 0.3) is 0 Å². The smallest absolute Gasteiger partial charge is 0.154 e. The van der Waals surface area contributed by atoms with Gasteiger partial charge in [-0.2, -0.15) is 0 Å². The van der Waals surface area contributed by atoms with Crippen LogP contribution in [0.5, 0.6) is 0 Å². The van der Waals surface area contributed by atoms with Gasteiger partial charge in [0.2, 0.25) is 0 Å². The minimum atomic E-state index is -0.854. The van der Waals surface area contributed by atoms with Crippen LogP contribution in [0.1, 0.15) is 44.5 Å². The second-order valence-corrected chi connectivity index (χ2v) is 8.54. The van der Waals surface area contributed by atoms with E-state index in [-0.39, 0.29) is 0 Å². The Balaban J connectivity index is 1.63. The number of aliphatic hydroxyl groups is 1. The Morgan fingerprint density at radius 1 is 1.03 bits per heavy atom. The fourth-order valence-electron chi connectivity index (χ4n) is 4.30. The van der Waals surface area contributed by atoms with Crippen molar-refractivity contribution in [1.29, 1.82) is 0 Å². The van der Waals surface area contributed by atoms with Gasteiger partial charge in [-0.3, -0.25) is 9.30 Å². The van der Waals surface area contributed by atoms with Gasteiger partial charge in [-0.25, -0.2) is 9.97 Å². The highest BCUT2D eigenvalue weighted by Crippen LogP contribution is 2.30. The lowest BCUT2D eigenvalue weighted by Gasteiger charge is -2.25. The Bertz CT molecular complexity index is 1140. The summed E-state index contributed by atoms with van der Waals surface area (Å²) in [7, 11) is 0. The molecule has 5 rings (SSSR count). The molecule has 6 heteroatoms. The molecule has 0 radical (unpaired) electrons. The van der Waals surface area contributed by atoms with E-state index in [1.165, 1.54) is 19.3 Å². The molecule has 0 aliphatic carbocycles. The van der Waals surface area contributed by atoms with Crippen LogP contribution < -0.4 is 0 Å². The van der Waals surface area contributed by atoms with Crippen molar-refractivity contribution in [3.05, 3.63) is 54.1 Å². The molecule has 0 amide bonds. The number of piperidine rings is 1. The standard InChI is InChI=1S/C23H27N5O/c1-23(2,29)17-8-6-16(7-9-17)21-19-14-25-22-18(10-11-24-22)28(19)20(26-21)15-27-12-4-3-5-13-27/h6-11,14,24,29H,3-5,12-13,15H2,1-2H3. The topological polar surface area (TPSA) is 69.5 Å². The molecular formula is C23H27N5O. The average Bonchev–Trinajstić information content (AvgIpc) is 3.33. The van der Waals surface area contributed by atoms with Crippen molar-refractivity contribution < 1.29 is 5.11 Å². The highest BCUT2D eigenvalue weighted by Gasteiger charge is 2.20. The number of nitrogens with zero attached hydrogens (tertiary/aromatic N) is 4. The zero-order valence-corrected chi connectivity index (χ0v) is 17.0. The van der Waals surface area contributed by atoms with Gasteiger partial charge in [-0.15, -0.1) is 0 Å². The highest BCUT2D eigenvalue weighted by atomic mass is 16.3. The Morgan fingerprint density at radius 3 is 2.52 bits per heavy atom. The molecule has 150 valence electrons. The van der Waals surface area contributed by atoms with E-state index in [1.54, 1.807) is 13.8 Å². The maximum atomic E-state index is 10.3. The molecule has 4 aromatic rings. The average molecular weight is 390 g/mol. The number of H-pyrrole nitrogens is 1. The zero-order chi connectivity index (χ0) is 20.0. The van der Waals surface area contributed by atoms with Crippen molar-refractivity contribution in [1.82, 2.24) is 24.3 Å². The maximum Gasteiger partial charge on any atom is 0.154 e. The lowest BCUT2D eigenvalue weighted by molar-refractivity contribution is 0.0786. The first kappa shape index (κ1) is 18.3. The Hall–Kier alpha value is -2.70. The zero-order valence-electron chi connectivity index (χ0n) is 17.0. The first-order valence-electron chi connectivity index (χ1n) is 10.4. The fourth-order valence-corrected chi connectivity index (χ4v) is 4.30. The normalized spacial score (nSPS) is 16.1. The molecule has 0 bridgehead atoms. The number of fused-ring (bicyclic) bond motifs is 3. The third-order valence-corrected chi connectivity index (χ3v) is 5.92. The van der Waals surface area contributed by atoms with Crippen molar-refractivity contribution in [3.63, 3.8) is 0 Å². The van der Waals surface area contributed by atoms with Gasteiger partial charge in [0.05, 0.1) is 35.1 Å². The van der Waals surface area contributed by atoms with Crippen molar-refractivity contribution in [2.24, 2.45) is 0 Å². The Labute approximate surface area is 170 Å². The lowest BCUT2D eigenvalue weighted by atomic mass is 9.97. The van der Waals surface area contributed by atoms with Crippen LogP contribution in [0.3, 0.4) is 0 Å². The van der Waals surface area contributed by atoms with E-state index in [2.05, 4.69) is 25.3 Å². The Morgan fingerprint density at radius 2 is 1.79 bits per heavy atom. The maximum absolute atomic E-state index is 10.3. The van der Waals surface area contributed by atoms with E-state index in [0.29, 0.717) is 0 Å². The van der Waals surface area contributed by atoms with Crippen molar-refractivity contribution in [2.45, 2.75) is 45.3 Å². The van der Waals surface area contributed by atoms with Crippen molar-refractivity contribution >= 4 is 16.7 Å². The molecule has 0 spiro atoms. The van der Waals surface area contributed by atoms with Crippen LogP contribution in [0.15, 0.2) is 42.7 Å². The summed E-state index contributed by atoms with van der Waals surface area (Å²) in [4.78, 5) is 15.4. The summed E-state index contributed by atoms with van der Waals surface area (Å²) in [5.74, 6) is 1.05. The van der Waals surface area contributed by atoms with E-state index in [4.69, 9.17) is 4.98 Å². The molecule has 3 aromatic heterocycles. The van der Waals surface area contributed by atoms with Crippen LogP contribution in [0, 0.1) is 0 Å². The summed E-state index contributed by atoms with van der Waals surface area (Å²) < 4.78 is 2.24. The molecule has 1 aliphatic heterocycles. The molecule has 0 atom stereocenters.